The van der Waals surface area contributed by atoms with Crippen molar-refractivity contribution in [3.05, 3.63) is 24.3 Å². The Morgan fingerprint density at radius 2 is 1.19 bits per heavy atom. The van der Waals surface area contributed by atoms with Crippen molar-refractivity contribution in [1.82, 2.24) is 0 Å². The molecule has 0 aromatic carbocycles. The Morgan fingerprint density at radius 1 is 0.679 bits per heavy atom. The number of likely N-dealkylation sites (N-methyl/N-ethyl adjacent to an activating group) is 1. The van der Waals surface area contributed by atoms with E-state index in [1.165, 1.54) is 64.2 Å². The molecule has 0 heterocycles. The van der Waals surface area contributed by atoms with Crippen LogP contribution in [0.15, 0.2) is 24.3 Å². The highest BCUT2D eigenvalue weighted by molar-refractivity contribution is 7.45. The average molecular weight is 774 g/mol. The van der Waals surface area contributed by atoms with E-state index in [1.807, 2.05) is 39.4 Å². The first-order valence-corrected chi connectivity index (χ1v) is 22.6. The number of aliphatic hydroxyl groups is 1. The lowest BCUT2D eigenvalue weighted by Crippen LogP contribution is -2.37. The third-order valence-corrected chi connectivity index (χ3v) is 10.0. The molecule has 0 spiro atoms. The zero-order chi connectivity index (χ0) is 39.5. The van der Waals surface area contributed by atoms with E-state index < -0.39 is 32.5 Å². The highest BCUT2D eigenvalue weighted by atomic mass is 31.2. The zero-order valence-electron chi connectivity index (χ0n) is 34.6. The number of aliphatic hydroxyl groups excluding tert-OH is 1. The van der Waals surface area contributed by atoms with E-state index in [9.17, 15) is 24.2 Å². The Bertz CT molecular complexity index is 982. The number of nitrogens with zero attached hydrogens (tertiary/aromatic N) is 1. The van der Waals surface area contributed by atoms with Crippen LogP contribution in [-0.2, 0) is 32.7 Å². The van der Waals surface area contributed by atoms with Gasteiger partial charge in [0.15, 0.2) is 6.10 Å². The van der Waals surface area contributed by atoms with E-state index in [1.54, 1.807) is 0 Å². The second-order valence-corrected chi connectivity index (χ2v) is 17.0. The van der Waals surface area contributed by atoms with Crippen LogP contribution < -0.4 is 4.89 Å². The summed E-state index contributed by atoms with van der Waals surface area (Å²) in [4.78, 5) is 37.4. The summed E-state index contributed by atoms with van der Waals surface area (Å²) in [5.41, 5.74) is 0. The van der Waals surface area contributed by atoms with Gasteiger partial charge in [0.2, 0.25) is 0 Å². The number of rotatable bonds is 38. The van der Waals surface area contributed by atoms with E-state index in [4.69, 9.17) is 18.5 Å². The predicted octanol–water partition coefficient (Wildman–Crippen LogP) is 9.91. The third-order valence-electron chi connectivity index (χ3n) is 9.08. The number of carbonyl (C=O) groups excluding carboxylic acids is 2. The molecule has 312 valence electrons. The van der Waals surface area contributed by atoms with E-state index >= 15 is 0 Å². The standard InChI is InChI=1S/C42H80NO9P/c1-6-8-10-11-12-13-14-15-16-19-22-25-29-33-41(45)49-37-40(38-51-53(47,48)50-36-35-43(3,4)5)52-42(46)34-30-26-23-20-17-18-21-24-28-32-39(44)31-27-9-7-2/h21,24,28,32,39-40,44H,6-20,22-23,25-27,29-31,33-38H2,1-5H3/b24-21-,32-28+. The number of hydrogen-bond acceptors (Lipinski definition) is 9. The summed E-state index contributed by atoms with van der Waals surface area (Å²) in [6, 6.07) is 0. The summed E-state index contributed by atoms with van der Waals surface area (Å²) in [5.74, 6) is -0.881. The molecular weight excluding hydrogens is 693 g/mol. The molecule has 0 fully saturated rings. The lowest BCUT2D eigenvalue weighted by atomic mass is 10.0. The van der Waals surface area contributed by atoms with Gasteiger partial charge in [-0.15, -0.1) is 0 Å². The van der Waals surface area contributed by atoms with Gasteiger partial charge >= 0.3 is 11.9 Å². The van der Waals surface area contributed by atoms with Gasteiger partial charge in [-0.05, 0) is 32.1 Å². The fraction of sp³-hybridized carbons (Fsp3) is 0.857. The molecule has 0 saturated carbocycles. The summed E-state index contributed by atoms with van der Waals surface area (Å²) in [7, 11) is 1.12. The minimum atomic E-state index is -4.64. The summed E-state index contributed by atoms with van der Waals surface area (Å²) in [6.07, 6.45) is 32.4. The Kier molecular flexibility index (Phi) is 33.9. The number of phosphoric acid groups is 1. The first-order valence-electron chi connectivity index (χ1n) is 21.2. The molecule has 0 amide bonds. The van der Waals surface area contributed by atoms with Gasteiger partial charge < -0.3 is 33.0 Å². The number of quaternary nitrogens is 1. The molecule has 0 aromatic rings. The van der Waals surface area contributed by atoms with Gasteiger partial charge in [-0.1, -0.05) is 154 Å². The van der Waals surface area contributed by atoms with Gasteiger partial charge in [-0.25, -0.2) is 0 Å². The van der Waals surface area contributed by atoms with E-state index in [0.717, 1.165) is 77.0 Å². The monoisotopic (exact) mass is 774 g/mol. The number of unbranched alkanes of at least 4 members (excludes halogenated alkanes) is 19. The van der Waals surface area contributed by atoms with Gasteiger partial charge in [-0.3, -0.25) is 14.2 Å². The van der Waals surface area contributed by atoms with Gasteiger partial charge in [0.05, 0.1) is 33.9 Å². The molecule has 0 aromatic heterocycles. The largest absolute Gasteiger partial charge is 0.756 e. The second-order valence-electron chi connectivity index (χ2n) is 15.6. The van der Waals surface area contributed by atoms with Gasteiger partial charge in [0.25, 0.3) is 7.82 Å². The first kappa shape index (κ1) is 51.5. The molecule has 0 saturated heterocycles. The molecule has 53 heavy (non-hydrogen) atoms. The first-order chi connectivity index (χ1) is 25.4. The van der Waals surface area contributed by atoms with E-state index in [0.29, 0.717) is 17.4 Å². The van der Waals surface area contributed by atoms with Crippen LogP contribution in [0.5, 0.6) is 0 Å². The highest BCUT2D eigenvalue weighted by Gasteiger charge is 2.21. The number of carbonyl (C=O) groups is 2. The van der Waals surface area contributed by atoms with Gasteiger partial charge in [0, 0.05) is 12.8 Å². The van der Waals surface area contributed by atoms with Crippen LogP contribution in [0.25, 0.3) is 0 Å². The van der Waals surface area contributed by atoms with Crippen LogP contribution in [0.2, 0.25) is 0 Å². The van der Waals surface area contributed by atoms with Crippen LogP contribution in [0, 0.1) is 0 Å². The number of hydrogen-bond donors (Lipinski definition) is 1. The van der Waals surface area contributed by atoms with Crippen LogP contribution in [0.3, 0.4) is 0 Å². The lowest BCUT2D eigenvalue weighted by Gasteiger charge is -2.28. The summed E-state index contributed by atoms with van der Waals surface area (Å²) in [5, 5.41) is 9.93. The van der Waals surface area contributed by atoms with Crippen molar-refractivity contribution in [2.24, 2.45) is 0 Å². The molecule has 10 nitrogen and oxygen atoms in total. The topological polar surface area (TPSA) is 131 Å². The Hall–Kier alpha value is -1.55. The molecule has 0 rings (SSSR count). The number of allylic oxidation sites excluding steroid dienone is 3. The molecule has 11 heteroatoms. The molecule has 1 N–H and O–H groups in total. The SMILES string of the molecule is CCCCCCCCCCCCCCCC(=O)OCC(COP(=O)([O-])OCC[N+](C)(C)C)OC(=O)CCCCCCC/C=C\C=C\C(O)CCCCC. The smallest absolute Gasteiger partial charge is 0.306 e. The normalized spacial score (nSPS) is 14.5. The maximum atomic E-state index is 12.6. The summed E-state index contributed by atoms with van der Waals surface area (Å²) < 4.78 is 33.8. The summed E-state index contributed by atoms with van der Waals surface area (Å²) in [6.45, 7) is 4.06. The quantitative estimate of drug-likeness (QED) is 0.0214. The van der Waals surface area contributed by atoms with E-state index in [-0.39, 0.29) is 32.2 Å². The van der Waals surface area contributed by atoms with Crippen molar-refractivity contribution in [2.75, 3.05) is 47.5 Å². The van der Waals surface area contributed by atoms with E-state index in [2.05, 4.69) is 19.9 Å². The number of ether oxygens (including phenoxy) is 2. The van der Waals surface area contributed by atoms with Crippen LogP contribution in [0.4, 0.5) is 0 Å². The van der Waals surface area contributed by atoms with Crippen molar-refractivity contribution in [1.29, 1.82) is 0 Å². The van der Waals surface area contributed by atoms with Crippen molar-refractivity contribution < 1.29 is 47.2 Å². The Balaban J connectivity index is 4.45. The molecule has 3 atom stereocenters. The number of esters is 2. The number of phosphoric ester groups is 1. The fourth-order valence-corrected chi connectivity index (χ4v) is 6.40. The van der Waals surface area contributed by atoms with Crippen LogP contribution >= 0.6 is 7.82 Å². The minimum Gasteiger partial charge on any atom is -0.756 e. The molecule has 0 bridgehead atoms. The van der Waals surface area contributed by atoms with Gasteiger partial charge in [0.1, 0.15) is 19.8 Å². The summed E-state index contributed by atoms with van der Waals surface area (Å²) >= 11 is 0. The Labute approximate surface area is 324 Å². The molecule has 0 aliphatic rings. The molecule has 0 radical (unpaired) electrons. The second kappa shape index (κ2) is 34.9. The predicted molar refractivity (Wildman–Crippen MR) is 214 cm³/mol. The van der Waals surface area contributed by atoms with Crippen molar-refractivity contribution in [3.8, 4) is 0 Å². The molecule has 0 aliphatic carbocycles. The fourth-order valence-electron chi connectivity index (χ4n) is 5.67. The third kappa shape index (κ3) is 38.5. The van der Waals surface area contributed by atoms with Crippen LogP contribution in [-0.4, -0.2) is 81.2 Å². The van der Waals surface area contributed by atoms with Crippen LogP contribution in [0.1, 0.15) is 174 Å². The minimum absolute atomic E-state index is 0.0422. The lowest BCUT2D eigenvalue weighted by molar-refractivity contribution is -0.870. The van der Waals surface area contributed by atoms with Gasteiger partial charge in [-0.2, -0.15) is 0 Å². The molecular formula is C42H80NO9P. The average Bonchev–Trinajstić information content (AvgIpc) is 3.09. The zero-order valence-corrected chi connectivity index (χ0v) is 35.5. The van der Waals surface area contributed by atoms with Crippen molar-refractivity contribution >= 4 is 19.8 Å². The maximum Gasteiger partial charge on any atom is 0.306 e. The van der Waals surface area contributed by atoms with Crippen molar-refractivity contribution in [2.45, 2.75) is 187 Å². The molecule has 3 unspecified atom stereocenters. The van der Waals surface area contributed by atoms with Crippen molar-refractivity contribution in [3.63, 3.8) is 0 Å². The Morgan fingerprint density at radius 3 is 1.75 bits per heavy atom. The maximum absolute atomic E-state index is 12.6. The highest BCUT2D eigenvalue weighted by Crippen LogP contribution is 2.38. The molecule has 0 aliphatic heterocycles.